The Labute approximate surface area is 116 Å². The van der Waals surface area contributed by atoms with E-state index in [1.165, 1.54) is 24.1 Å². The molecule has 2 aromatic rings. The van der Waals surface area contributed by atoms with Crippen LogP contribution in [0.4, 0.5) is 5.69 Å². The summed E-state index contributed by atoms with van der Waals surface area (Å²) in [7, 11) is 0. The van der Waals surface area contributed by atoms with E-state index < -0.39 is 0 Å². The third-order valence-corrected chi connectivity index (χ3v) is 4.15. The highest BCUT2D eigenvalue weighted by molar-refractivity contribution is 9.10. The lowest BCUT2D eigenvalue weighted by molar-refractivity contribution is 0.374. The molecule has 0 aromatic heterocycles. The zero-order chi connectivity index (χ0) is 12.4. The fourth-order valence-electron chi connectivity index (χ4n) is 2.51. The lowest BCUT2D eigenvalue weighted by Gasteiger charge is -2.37. The van der Waals surface area contributed by atoms with Crippen molar-refractivity contribution in [2.75, 3.05) is 5.32 Å². The maximum atomic E-state index is 3.58. The minimum absolute atomic E-state index is 0.626. The molecule has 1 nitrogen and oxygen atoms in total. The van der Waals surface area contributed by atoms with Crippen molar-refractivity contribution in [3.05, 3.63) is 64.6 Å². The number of hydrogen-bond donors (Lipinski definition) is 1. The number of hydrogen-bond acceptors (Lipinski definition) is 1. The highest BCUT2D eigenvalue weighted by Gasteiger charge is 2.29. The molecule has 0 aliphatic heterocycles. The van der Waals surface area contributed by atoms with Gasteiger partial charge in [0, 0.05) is 16.2 Å². The van der Waals surface area contributed by atoms with Gasteiger partial charge in [0.05, 0.1) is 0 Å². The molecule has 2 aromatic carbocycles. The van der Waals surface area contributed by atoms with Gasteiger partial charge in [-0.3, -0.25) is 0 Å². The van der Waals surface area contributed by atoms with Crippen molar-refractivity contribution in [2.24, 2.45) is 0 Å². The molecule has 92 valence electrons. The van der Waals surface area contributed by atoms with E-state index >= 15 is 0 Å². The first-order chi connectivity index (χ1) is 8.81. The lowest BCUT2D eigenvalue weighted by Crippen LogP contribution is -2.33. The van der Waals surface area contributed by atoms with Crippen LogP contribution in [0.15, 0.2) is 59.1 Å². The first-order valence-corrected chi connectivity index (χ1v) is 7.17. The Morgan fingerprint density at radius 1 is 0.889 bits per heavy atom. The monoisotopic (exact) mass is 301 g/mol. The van der Waals surface area contributed by atoms with Gasteiger partial charge in [0.2, 0.25) is 0 Å². The summed E-state index contributed by atoms with van der Waals surface area (Å²) in [6, 6.07) is 19.8. The summed E-state index contributed by atoms with van der Waals surface area (Å²) in [5.74, 6) is 0.722. The molecule has 0 bridgehead atoms. The first kappa shape index (κ1) is 11.8. The van der Waals surface area contributed by atoms with Crippen LogP contribution in [0.3, 0.4) is 0 Å². The van der Waals surface area contributed by atoms with Gasteiger partial charge < -0.3 is 5.32 Å². The Morgan fingerprint density at radius 3 is 2.22 bits per heavy atom. The molecule has 0 atom stereocenters. The normalized spacial score (nSPS) is 22.3. The van der Waals surface area contributed by atoms with Crippen molar-refractivity contribution >= 4 is 21.6 Å². The summed E-state index contributed by atoms with van der Waals surface area (Å²) < 4.78 is 1.16. The second-order valence-corrected chi connectivity index (χ2v) is 5.84. The van der Waals surface area contributed by atoms with Crippen molar-refractivity contribution in [3.8, 4) is 0 Å². The maximum Gasteiger partial charge on any atom is 0.0342 e. The van der Waals surface area contributed by atoms with Gasteiger partial charge in [-0.25, -0.2) is 0 Å². The van der Waals surface area contributed by atoms with Crippen molar-refractivity contribution in [3.63, 3.8) is 0 Å². The van der Waals surface area contributed by atoms with Crippen LogP contribution in [-0.4, -0.2) is 6.04 Å². The first-order valence-electron chi connectivity index (χ1n) is 6.38. The SMILES string of the molecule is Brc1ccc(C2CC(Nc3ccccc3)C2)cc1. The number of para-hydroxylation sites is 1. The van der Waals surface area contributed by atoms with Crippen molar-refractivity contribution in [1.29, 1.82) is 0 Å². The minimum Gasteiger partial charge on any atom is -0.382 e. The molecular formula is C16H16BrN. The molecule has 1 N–H and O–H groups in total. The van der Waals surface area contributed by atoms with E-state index in [-0.39, 0.29) is 0 Å². The molecule has 2 heteroatoms. The van der Waals surface area contributed by atoms with Crippen molar-refractivity contribution in [2.45, 2.75) is 24.8 Å². The molecule has 1 aliphatic carbocycles. The second kappa shape index (κ2) is 5.15. The predicted octanol–water partition coefficient (Wildman–Crippen LogP) is 4.81. The van der Waals surface area contributed by atoms with E-state index in [0.717, 1.165) is 10.4 Å². The summed E-state index contributed by atoms with van der Waals surface area (Å²) >= 11 is 3.48. The largest absolute Gasteiger partial charge is 0.382 e. The van der Waals surface area contributed by atoms with Crippen LogP contribution in [0.5, 0.6) is 0 Å². The van der Waals surface area contributed by atoms with Crippen LogP contribution in [0.1, 0.15) is 24.3 Å². The summed E-state index contributed by atoms with van der Waals surface area (Å²) in [5, 5.41) is 3.58. The van der Waals surface area contributed by atoms with E-state index in [1.807, 2.05) is 0 Å². The molecule has 1 fully saturated rings. The van der Waals surface area contributed by atoms with Gasteiger partial charge >= 0.3 is 0 Å². The molecule has 0 saturated heterocycles. The van der Waals surface area contributed by atoms with Crippen molar-refractivity contribution in [1.82, 2.24) is 0 Å². The van der Waals surface area contributed by atoms with Gasteiger partial charge in [-0.15, -0.1) is 0 Å². The van der Waals surface area contributed by atoms with Crippen LogP contribution in [-0.2, 0) is 0 Å². The van der Waals surface area contributed by atoms with E-state index in [4.69, 9.17) is 0 Å². The number of halogens is 1. The molecule has 0 spiro atoms. The smallest absolute Gasteiger partial charge is 0.0342 e. The van der Waals surface area contributed by atoms with E-state index in [2.05, 4.69) is 75.8 Å². The molecule has 0 amide bonds. The number of anilines is 1. The lowest BCUT2D eigenvalue weighted by atomic mass is 9.76. The average Bonchev–Trinajstić information content (AvgIpc) is 2.36. The van der Waals surface area contributed by atoms with Gasteiger partial charge in [0.25, 0.3) is 0 Å². The fraction of sp³-hybridized carbons (Fsp3) is 0.250. The molecule has 0 heterocycles. The standard InChI is InChI=1S/C16H16BrN/c17-14-8-6-12(7-9-14)13-10-16(11-13)18-15-4-2-1-3-5-15/h1-9,13,16,18H,10-11H2. The van der Waals surface area contributed by atoms with Gasteiger partial charge in [-0.2, -0.15) is 0 Å². The van der Waals surface area contributed by atoms with Gasteiger partial charge in [-0.1, -0.05) is 46.3 Å². The molecule has 18 heavy (non-hydrogen) atoms. The fourth-order valence-corrected chi connectivity index (χ4v) is 2.78. The molecule has 0 radical (unpaired) electrons. The molecule has 1 aliphatic rings. The van der Waals surface area contributed by atoms with Crippen LogP contribution in [0, 0.1) is 0 Å². The number of benzene rings is 2. The van der Waals surface area contributed by atoms with Gasteiger partial charge in [0.1, 0.15) is 0 Å². The zero-order valence-electron chi connectivity index (χ0n) is 10.1. The Kier molecular flexibility index (Phi) is 3.37. The third-order valence-electron chi connectivity index (χ3n) is 3.62. The molecular weight excluding hydrogens is 286 g/mol. The molecule has 3 rings (SSSR count). The van der Waals surface area contributed by atoms with Gasteiger partial charge in [0.15, 0.2) is 0 Å². The number of rotatable bonds is 3. The zero-order valence-corrected chi connectivity index (χ0v) is 11.7. The summed E-state index contributed by atoms with van der Waals surface area (Å²) in [4.78, 5) is 0. The van der Waals surface area contributed by atoms with E-state index in [0.29, 0.717) is 6.04 Å². The van der Waals surface area contributed by atoms with Crippen LogP contribution in [0.2, 0.25) is 0 Å². The Balaban J connectivity index is 1.56. The predicted molar refractivity (Wildman–Crippen MR) is 80.0 cm³/mol. The third kappa shape index (κ3) is 2.59. The quantitative estimate of drug-likeness (QED) is 0.858. The van der Waals surface area contributed by atoms with Gasteiger partial charge in [-0.05, 0) is 48.6 Å². The van der Waals surface area contributed by atoms with Crippen LogP contribution < -0.4 is 5.32 Å². The summed E-state index contributed by atoms with van der Waals surface area (Å²) in [6.07, 6.45) is 2.47. The van der Waals surface area contributed by atoms with E-state index in [9.17, 15) is 0 Å². The summed E-state index contributed by atoms with van der Waals surface area (Å²) in [5.41, 5.74) is 2.70. The topological polar surface area (TPSA) is 12.0 Å². The van der Waals surface area contributed by atoms with E-state index in [1.54, 1.807) is 0 Å². The highest BCUT2D eigenvalue weighted by atomic mass is 79.9. The Hall–Kier alpha value is -1.28. The number of nitrogens with one attached hydrogen (secondary N) is 1. The van der Waals surface area contributed by atoms with Crippen LogP contribution >= 0.6 is 15.9 Å². The minimum atomic E-state index is 0.626. The maximum absolute atomic E-state index is 3.58. The molecule has 1 saturated carbocycles. The molecule has 0 unspecified atom stereocenters. The summed E-state index contributed by atoms with van der Waals surface area (Å²) in [6.45, 7) is 0. The Bertz CT molecular complexity index is 500. The highest BCUT2D eigenvalue weighted by Crippen LogP contribution is 2.38. The second-order valence-electron chi connectivity index (χ2n) is 4.93. The van der Waals surface area contributed by atoms with Crippen molar-refractivity contribution < 1.29 is 0 Å². The average molecular weight is 302 g/mol. The Morgan fingerprint density at radius 2 is 1.56 bits per heavy atom. The van der Waals surface area contributed by atoms with Crippen LogP contribution in [0.25, 0.3) is 0 Å².